The van der Waals surface area contributed by atoms with Gasteiger partial charge in [-0.1, -0.05) is 18.2 Å². The van der Waals surface area contributed by atoms with Crippen LogP contribution >= 0.6 is 0 Å². The van der Waals surface area contributed by atoms with Crippen LogP contribution in [0.25, 0.3) is 6.08 Å². The Labute approximate surface area is 195 Å². The van der Waals surface area contributed by atoms with E-state index in [1.165, 1.54) is 20.3 Å². The third kappa shape index (κ3) is 4.11. The van der Waals surface area contributed by atoms with Gasteiger partial charge in [0.2, 0.25) is 5.78 Å². The number of para-hydroxylation sites is 1. The zero-order valence-corrected chi connectivity index (χ0v) is 18.5. The molecule has 0 atom stereocenters. The molecule has 5 rings (SSSR count). The summed E-state index contributed by atoms with van der Waals surface area (Å²) in [4.78, 5) is 25.5. The third-order valence-electron chi connectivity index (χ3n) is 5.41. The van der Waals surface area contributed by atoms with Gasteiger partial charge in [0.15, 0.2) is 5.76 Å². The Morgan fingerprint density at radius 3 is 2.44 bits per heavy atom. The number of allylic oxidation sites excluding steroid dienone is 1. The number of Topliss-reactive ketones (excluding diaryl/α,β-unsaturated/α-hetero) is 1. The highest BCUT2D eigenvalue weighted by atomic mass is 16.5. The average Bonchev–Trinajstić information content (AvgIpc) is 3.17. The van der Waals surface area contributed by atoms with E-state index in [2.05, 4.69) is 0 Å². The number of ether oxygens (including phenoxy) is 5. The number of hydrogen-bond acceptors (Lipinski definition) is 7. The van der Waals surface area contributed by atoms with Crippen molar-refractivity contribution in [3.8, 4) is 28.7 Å². The van der Waals surface area contributed by atoms with Crippen molar-refractivity contribution in [1.82, 2.24) is 0 Å². The van der Waals surface area contributed by atoms with Crippen molar-refractivity contribution in [1.29, 1.82) is 0 Å². The van der Waals surface area contributed by atoms with Gasteiger partial charge >= 0.3 is 5.97 Å². The summed E-state index contributed by atoms with van der Waals surface area (Å²) in [5.74, 6) is 1.64. The Balaban J connectivity index is 1.35. The molecule has 170 valence electrons. The van der Waals surface area contributed by atoms with Crippen molar-refractivity contribution in [3.63, 3.8) is 0 Å². The Bertz CT molecular complexity index is 1340. The molecule has 0 aliphatic carbocycles. The molecule has 0 unspecified atom stereocenters. The first-order valence-corrected chi connectivity index (χ1v) is 10.5. The van der Waals surface area contributed by atoms with E-state index in [0.29, 0.717) is 29.4 Å². The quantitative estimate of drug-likeness (QED) is 0.308. The number of hydrogen-bond donors (Lipinski definition) is 0. The van der Waals surface area contributed by atoms with Crippen molar-refractivity contribution in [2.75, 3.05) is 20.8 Å². The summed E-state index contributed by atoms with van der Waals surface area (Å²) in [6.45, 7) is 0.334. The van der Waals surface area contributed by atoms with E-state index in [-0.39, 0.29) is 22.9 Å². The fraction of sp³-hybridized carbons (Fsp3) is 0.111. The fourth-order valence-electron chi connectivity index (χ4n) is 3.71. The number of esters is 1. The molecule has 3 aromatic carbocycles. The Kier molecular flexibility index (Phi) is 5.51. The molecule has 2 aliphatic heterocycles. The number of benzene rings is 3. The lowest BCUT2D eigenvalue weighted by Crippen LogP contribution is -2.09. The van der Waals surface area contributed by atoms with Crippen LogP contribution in [0.3, 0.4) is 0 Å². The van der Waals surface area contributed by atoms with Gasteiger partial charge in [0.1, 0.15) is 35.4 Å². The highest BCUT2D eigenvalue weighted by Gasteiger charge is 2.29. The Morgan fingerprint density at radius 2 is 1.68 bits per heavy atom. The van der Waals surface area contributed by atoms with Crippen LogP contribution in [0.1, 0.15) is 26.3 Å². The minimum absolute atomic E-state index is 0.185. The predicted molar refractivity (Wildman–Crippen MR) is 124 cm³/mol. The molecule has 0 fully saturated rings. The predicted octanol–water partition coefficient (Wildman–Crippen LogP) is 4.86. The standard InChI is InChI=1S/C27H20O7/c1-30-20-11-18(12-21(13-20)31-2)27(29)33-19-7-8-22-24(14-19)34-25(26(22)28)10-16-9-17-5-3-4-6-23(17)32-15-16/h3-14H,15H2,1-2H3/b25-10-. The first-order chi connectivity index (χ1) is 16.5. The second-order valence-electron chi connectivity index (χ2n) is 7.63. The van der Waals surface area contributed by atoms with Gasteiger partial charge in [0.05, 0.1) is 25.3 Å². The van der Waals surface area contributed by atoms with Crippen molar-refractivity contribution >= 4 is 17.8 Å². The third-order valence-corrected chi connectivity index (χ3v) is 5.41. The van der Waals surface area contributed by atoms with E-state index in [4.69, 9.17) is 23.7 Å². The maximum Gasteiger partial charge on any atom is 0.343 e. The Morgan fingerprint density at radius 1 is 0.912 bits per heavy atom. The van der Waals surface area contributed by atoms with Gasteiger partial charge in [-0.15, -0.1) is 0 Å². The highest BCUT2D eigenvalue weighted by Crippen LogP contribution is 2.36. The number of rotatable bonds is 5. The molecule has 0 saturated carbocycles. The van der Waals surface area contributed by atoms with E-state index >= 15 is 0 Å². The van der Waals surface area contributed by atoms with E-state index in [9.17, 15) is 9.59 Å². The summed E-state index contributed by atoms with van der Waals surface area (Å²) in [7, 11) is 3.00. The van der Waals surface area contributed by atoms with Gasteiger partial charge in [-0.2, -0.15) is 0 Å². The fourth-order valence-corrected chi connectivity index (χ4v) is 3.71. The topological polar surface area (TPSA) is 80.3 Å². The summed E-state index contributed by atoms with van der Waals surface area (Å²) in [6.07, 6.45) is 3.63. The second-order valence-corrected chi connectivity index (χ2v) is 7.63. The summed E-state index contributed by atoms with van der Waals surface area (Å²) in [5, 5.41) is 0. The number of carbonyl (C=O) groups is 2. The largest absolute Gasteiger partial charge is 0.497 e. The van der Waals surface area contributed by atoms with Crippen molar-refractivity contribution in [2.24, 2.45) is 0 Å². The summed E-state index contributed by atoms with van der Waals surface area (Å²) < 4.78 is 27.4. The minimum atomic E-state index is -0.597. The SMILES string of the molecule is COc1cc(OC)cc(C(=O)Oc2ccc3c(c2)O/C(=C\C2=Cc4ccccc4OC2)C3=O)c1. The molecule has 0 N–H and O–H groups in total. The second kappa shape index (κ2) is 8.78. The molecule has 34 heavy (non-hydrogen) atoms. The number of ketones is 1. The van der Waals surface area contributed by atoms with Crippen LogP contribution in [-0.4, -0.2) is 32.6 Å². The first-order valence-electron chi connectivity index (χ1n) is 10.5. The number of fused-ring (bicyclic) bond motifs is 2. The van der Waals surface area contributed by atoms with Crippen molar-refractivity contribution in [3.05, 3.63) is 94.8 Å². The van der Waals surface area contributed by atoms with Gasteiger partial charge in [0.25, 0.3) is 0 Å². The Hall–Kier alpha value is -4.52. The monoisotopic (exact) mass is 456 g/mol. The summed E-state index contributed by atoms with van der Waals surface area (Å²) >= 11 is 0. The van der Waals surface area contributed by atoms with Crippen LogP contribution in [0.4, 0.5) is 0 Å². The molecule has 0 saturated heterocycles. The van der Waals surface area contributed by atoms with Gasteiger partial charge in [-0.05, 0) is 48.1 Å². The molecule has 0 radical (unpaired) electrons. The zero-order chi connectivity index (χ0) is 23.7. The maximum absolute atomic E-state index is 12.8. The normalized spacial score (nSPS) is 14.9. The molecule has 0 aromatic heterocycles. The van der Waals surface area contributed by atoms with E-state index in [1.807, 2.05) is 30.3 Å². The molecule has 0 amide bonds. The van der Waals surface area contributed by atoms with Crippen LogP contribution in [0, 0.1) is 0 Å². The minimum Gasteiger partial charge on any atom is -0.497 e. The summed E-state index contributed by atoms with van der Waals surface area (Å²) in [6, 6.07) is 17.1. The van der Waals surface area contributed by atoms with Crippen molar-refractivity contribution < 1.29 is 33.3 Å². The molecule has 2 aliphatic rings. The van der Waals surface area contributed by atoms with Crippen LogP contribution < -0.4 is 23.7 Å². The number of methoxy groups -OCH3 is 2. The lowest BCUT2D eigenvalue weighted by atomic mass is 10.1. The molecule has 7 nitrogen and oxygen atoms in total. The zero-order valence-electron chi connectivity index (χ0n) is 18.5. The van der Waals surface area contributed by atoms with Crippen LogP contribution in [-0.2, 0) is 0 Å². The lowest BCUT2D eigenvalue weighted by Gasteiger charge is -2.15. The molecular formula is C27H20O7. The van der Waals surface area contributed by atoms with E-state index in [1.54, 1.807) is 36.4 Å². The number of carbonyl (C=O) groups excluding carboxylic acids is 2. The lowest BCUT2D eigenvalue weighted by molar-refractivity contribution is 0.0733. The van der Waals surface area contributed by atoms with E-state index < -0.39 is 5.97 Å². The molecule has 0 bridgehead atoms. The summed E-state index contributed by atoms with van der Waals surface area (Å²) in [5.41, 5.74) is 2.41. The molecule has 3 aromatic rings. The average molecular weight is 456 g/mol. The van der Waals surface area contributed by atoms with Gasteiger partial charge in [-0.3, -0.25) is 4.79 Å². The smallest absolute Gasteiger partial charge is 0.343 e. The molecule has 2 heterocycles. The van der Waals surface area contributed by atoms with Gasteiger partial charge in [0, 0.05) is 17.7 Å². The highest BCUT2D eigenvalue weighted by molar-refractivity contribution is 6.12. The van der Waals surface area contributed by atoms with Crippen molar-refractivity contribution in [2.45, 2.75) is 0 Å². The molecule has 0 spiro atoms. The van der Waals surface area contributed by atoms with Gasteiger partial charge in [-0.25, -0.2) is 4.79 Å². The first kappa shape index (κ1) is 21.3. The molecule has 7 heteroatoms. The van der Waals surface area contributed by atoms with Gasteiger partial charge < -0.3 is 23.7 Å². The molecular weight excluding hydrogens is 436 g/mol. The maximum atomic E-state index is 12.8. The van der Waals surface area contributed by atoms with Crippen LogP contribution in [0.2, 0.25) is 0 Å². The van der Waals surface area contributed by atoms with Crippen LogP contribution in [0.5, 0.6) is 28.7 Å². The van der Waals surface area contributed by atoms with E-state index in [0.717, 1.165) is 16.9 Å². The van der Waals surface area contributed by atoms with Crippen LogP contribution in [0.15, 0.2) is 78.1 Å².